The van der Waals surface area contributed by atoms with Crippen LogP contribution in [0.3, 0.4) is 0 Å². The molecule has 0 aliphatic carbocycles. The molecule has 0 amide bonds. The lowest BCUT2D eigenvalue weighted by Gasteiger charge is -1.80. The summed E-state index contributed by atoms with van der Waals surface area (Å²) in [6.07, 6.45) is 8.16. The Labute approximate surface area is 60.5 Å². The highest BCUT2D eigenvalue weighted by atomic mass is 15.0. The summed E-state index contributed by atoms with van der Waals surface area (Å²) in [7, 11) is 0. The van der Waals surface area contributed by atoms with Crippen LogP contribution in [0.4, 0.5) is 0 Å². The lowest BCUT2D eigenvalue weighted by molar-refractivity contribution is 1.14. The summed E-state index contributed by atoms with van der Waals surface area (Å²) in [6.45, 7) is 6.66. The lowest BCUT2D eigenvalue weighted by Crippen LogP contribution is -1.73. The summed E-state index contributed by atoms with van der Waals surface area (Å²) in [5.74, 6) is 0. The predicted molar refractivity (Wildman–Crippen MR) is 43.0 cm³/mol. The van der Waals surface area contributed by atoms with Crippen LogP contribution in [0.5, 0.6) is 0 Å². The van der Waals surface area contributed by atoms with Crippen molar-refractivity contribution in [2.24, 2.45) is 5.73 Å². The second kappa shape index (κ2) is 5.62. The zero-order valence-electron chi connectivity index (χ0n) is 5.77. The topological polar surface area (TPSA) is 43.8 Å². The molecule has 0 saturated heterocycles. The number of aromatic nitrogens is 2. The van der Waals surface area contributed by atoms with Crippen molar-refractivity contribution in [1.82, 2.24) is 9.55 Å². The SMILES string of the molecule is C=CN.C=Cn1ccnc1. The third-order valence-electron chi connectivity index (χ3n) is 0.736. The minimum atomic E-state index is 1.25. The van der Waals surface area contributed by atoms with Gasteiger partial charge in [-0.1, -0.05) is 13.2 Å². The third kappa shape index (κ3) is 3.49. The highest BCUT2D eigenvalue weighted by Gasteiger charge is 1.73. The first-order valence-electron chi connectivity index (χ1n) is 2.77. The van der Waals surface area contributed by atoms with Gasteiger partial charge in [-0.05, 0) is 6.20 Å². The molecule has 3 heteroatoms. The van der Waals surface area contributed by atoms with E-state index >= 15 is 0 Å². The monoisotopic (exact) mass is 137 g/mol. The number of hydrogen-bond acceptors (Lipinski definition) is 2. The molecule has 0 saturated carbocycles. The van der Waals surface area contributed by atoms with Crippen LogP contribution >= 0.6 is 0 Å². The van der Waals surface area contributed by atoms with Gasteiger partial charge in [0.15, 0.2) is 0 Å². The van der Waals surface area contributed by atoms with Crippen molar-refractivity contribution >= 4 is 6.20 Å². The van der Waals surface area contributed by atoms with Crippen molar-refractivity contribution in [2.75, 3.05) is 0 Å². The fraction of sp³-hybridized carbons (Fsp3) is 0. The summed E-state index contributed by atoms with van der Waals surface area (Å²) in [6, 6.07) is 0. The van der Waals surface area contributed by atoms with Crippen LogP contribution in [-0.2, 0) is 0 Å². The van der Waals surface area contributed by atoms with E-state index in [9.17, 15) is 0 Å². The van der Waals surface area contributed by atoms with Crippen LogP contribution in [0.15, 0.2) is 38.1 Å². The van der Waals surface area contributed by atoms with Crippen molar-refractivity contribution in [3.8, 4) is 0 Å². The summed E-state index contributed by atoms with van der Waals surface area (Å²) in [5, 5.41) is 0. The van der Waals surface area contributed by atoms with Crippen molar-refractivity contribution in [3.05, 3.63) is 38.1 Å². The lowest BCUT2D eigenvalue weighted by atomic mass is 10.9. The second-order valence-electron chi connectivity index (χ2n) is 1.43. The van der Waals surface area contributed by atoms with Crippen LogP contribution in [-0.4, -0.2) is 9.55 Å². The molecule has 1 heterocycles. The average molecular weight is 137 g/mol. The fourth-order valence-electron chi connectivity index (χ4n) is 0.377. The molecule has 0 fully saturated rings. The standard InChI is InChI=1S/C5H6N2.C2H5N/c1-2-7-4-3-6-5-7;1-2-3/h2-5H,1H2;2H,1,3H2. The Hall–Kier alpha value is -1.51. The van der Waals surface area contributed by atoms with Crippen molar-refractivity contribution in [2.45, 2.75) is 0 Å². The highest BCUT2D eigenvalue weighted by Crippen LogP contribution is 1.81. The van der Waals surface area contributed by atoms with Crippen LogP contribution < -0.4 is 5.73 Å². The van der Waals surface area contributed by atoms with Gasteiger partial charge in [-0.25, -0.2) is 4.98 Å². The maximum atomic E-state index is 4.61. The molecule has 10 heavy (non-hydrogen) atoms. The summed E-state index contributed by atoms with van der Waals surface area (Å²) in [4.78, 5) is 3.78. The van der Waals surface area contributed by atoms with Gasteiger partial charge in [0.25, 0.3) is 0 Å². The fourth-order valence-corrected chi connectivity index (χ4v) is 0.377. The minimum Gasteiger partial charge on any atom is -0.405 e. The number of hydrogen-bond donors (Lipinski definition) is 1. The van der Waals surface area contributed by atoms with E-state index in [0.29, 0.717) is 0 Å². The van der Waals surface area contributed by atoms with E-state index in [1.807, 2.05) is 6.20 Å². The molecule has 3 nitrogen and oxygen atoms in total. The first-order valence-corrected chi connectivity index (χ1v) is 2.77. The van der Waals surface area contributed by atoms with Gasteiger partial charge in [-0.3, -0.25) is 0 Å². The normalized spacial score (nSPS) is 7.20. The van der Waals surface area contributed by atoms with Gasteiger partial charge in [0, 0.05) is 18.6 Å². The first-order chi connectivity index (χ1) is 4.85. The maximum absolute atomic E-state index is 4.61. The van der Waals surface area contributed by atoms with Crippen LogP contribution in [0.2, 0.25) is 0 Å². The van der Waals surface area contributed by atoms with Gasteiger partial charge < -0.3 is 10.3 Å². The molecule has 0 unspecified atom stereocenters. The molecular weight excluding hydrogens is 126 g/mol. The molecule has 0 atom stereocenters. The number of imidazole rings is 1. The predicted octanol–water partition coefficient (Wildman–Crippen LogP) is 1.07. The second-order valence-corrected chi connectivity index (χ2v) is 1.43. The molecule has 1 rings (SSSR count). The Morgan fingerprint density at radius 3 is 2.30 bits per heavy atom. The van der Waals surface area contributed by atoms with E-state index < -0.39 is 0 Å². The van der Waals surface area contributed by atoms with Gasteiger partial charge in [0.2, 0.25) is 0 Å². The molecular formula is C7H11N3. The van der Waals surface area contributed by atoms with Gasteiger partial charge in [0.05, 0.1) is 6.33 Å². The Bertz CT molecular complexity index is 177. The molecule has 0 spiro atoms. The zero-order valence-corrected chi connectivity index (χ0v) is 5.77. The van der Waals surface area contributed by atoms with Crippen LogP contribution in [0, 0.1) is 0 Å². The molecule has 0 aliphatic heterocycles. The number of nitrogens with two attached hydrogens (primary N) is 1. The smallest absolute Gasteiger partial charge is 0.0986 e. The molecule has 0 aliphatic rings. The molecule has 0 radical (unpaired) electrons. The molecule has 2 N–H and O–H groups in total. The maximum Gasteiger partial charge on any atom is 0.0986 e. The molecule has 1 aromatic heterocycles. The number of rotatable bonds is 1. The Kier molecular flexibility index (Phi) is 4.77. The zero-order chi connectivity index (χ0) is 7.82. The van der Waals surface area contributed by atoms with Gasteiger partial charge in [-0.2, -0.15) is 0 Å². The van der Waals surface area contributed by atoms with Crippen molar-refractivity contribution in [3.63, 3.8) is 0 Å². The summed E-state index contributed by atoms with van der Waals surface area (Å²) in [5.41, 5.74) is 4.61. The van der Waals surface area contributed by atoms with E-state index in [4.69, 9.17) is 0 Å². The van der Waals surface area contributed by atoms with Crippen molar-refractivity contribution < 1.29 is 0 Å². The highest BCUT2D eigenvalue weighted by molar-refractivity contribution is 5.14. The van der Waals surface area contributed by atoms with E-state index in [-0.39, 0.29) is 0 Å². The Balaban J connectivity index is 0.000000236. The molecule has 54 valence electrons. The molecule has 1 aromatic rings. The van der Waals surface area contributed by atoms with Crippen LogP contribution in [0.1, 0.15) is 0 Å². The minimum absolute atomic E-state index is 1.25. The number of nitrogens with zero attached hydrogens (tertiary/aromatic N) is 2. The van der Waals surface area contributed by atoms with Gasteiger partial charge >= 0.3 is 0 Å². The summed E-state index contributed by atoms with van der Waals surface area (Å²) >= 11 is 0. The van der Waals surface area contributed by atoms with Crippen molar-refractivity contribution in [1.29, 1.82) is 0 Å². The average Bonchev–Trinajstić information content (AvgIpc) is 2.39. The first kappa shape index (κ1) is 8.49. The van der Waals surface area contributed by atoms with E-state index in [0.717, 1.165) is 0 Å². The van der Waals surface area contributed by atoms with Gasteiger partial charge in [-0.15, -0.1) is 0 Å². The summed E-state index contributed by atoms with van der Waals surface area (Å²) < 4.78 is 1.78. The Morgan fingerprint density at radius 1 is 1.50 bits per heavy atom. The quantitative estimate of drug-likeness (QED) is 0.629. The largest absolute Gasteiger partial charge is 0.405 e. The molecule has 0 bridgehead atoms. The molecule has 0 aromatic carbocycles. The van der Waals surface area contributed by atoms with Gasteiger partial charge in [0.1, 0.15) is 0 Å². The van der Waals surface area contributed by atoms with E-state index in [2.05, 4.69) is 23.9 Å². The van der Waals surface area contributed by atoms with Crippen LogP contribution in [0.25, 0.3) is 6.20 Å². The Morgan fingerprint density at radius 2 is 2.10 bits per heavy atom. The van der Waals surface area contributed by atoms with E-state index in [1.165, 1.54) is 6.20 Å². The van der Waals surface area contributed by atoms with E-state index in [1.54, 1.807) is 23.3 Å². The third-order valence-corrected chi connectivity index (χ3v) is 0.736.